The molecule has 7 heteroatoms. The van der Waals surface area contributed by atoms with Crippen molar-refractivity contribution in [2.75, 3.05) is 10.6 Å². The smallest absolute Gasteiger partial charge is 0.337 e. The average molecular weight is 369 g/mol. The predicted molar refractivity (Wildman–Crippen MR) is 103 cm³/mol. The molecule has 6 nitrogen and oxygen atoms in total. The van der Waals surface area contributed by atoms with Crippen LogP contribution in [0.3, 0.4) is 0 Å². The molecule has 0 amide bonds. The molecule has 0 bridgehead atoms. The summed E-state index contributed by atoms with van der Waals surface area (Å²) in [6.45, 7) is 3.76. The van der Waals surface area contributed by atoms with Crippen molar-refractivity contribution in [3.63, 3.8) is 0 Å². The molecule has 132 valence electrons. The molecule has 0 aliphatic heterocycles. The van der Waals surface area contributed by atoms with E-state index in [1.165, 1.54) is 6.07 Å². The van der Waals surface area contributed by atoms with Crippen LogP contribution in [0.5, 0.6) is 0 Å². The first kappa shape index (κ1) is 17.7. The Bertz CT molecular complexity index is 976. The van der Waals surface area contributed by atoms with Crippen LogP contribution < -0.4 is 10.6 Å². The van der Waals surface area contributed by atoms with Gasteiger partial charge in [0.05, 0.1) is 11.3 Å². The third-order valence-corrected chi connectivity index (χ3v) is 4.11. The van der Waals surface area contributed by atoms with Crippen LogP contribution in [0.25, 0.3) is 0 Å². The summed E-state index contributed by atoms with van der Waals surface area (Å²) in [7, 11) is 0. The highest BCUT2D eigenvalue weighted by molar-refractivity contribution is 6.31. The van der Waals surface area contributed by atoms with E-state index in [1.807, 2.05) is 26.0 Å². The first-order chi connectivity index (χ1) is 12.4. The molecular formula is C19H17ClN4O2. The number of anilines is 4. The number of aryl methyl sites for hydroxylation is 2. The van der Waals surface area contributed by atoms with Gasteiger partial charge in [-0.25, -0.2) is 9.78 Å². The molecule has 0 atom stereocenters. The van der Waals surface area contributed by atoms with Gasteiger partial charge in [0.15, 0.2) is 0 Å². The largest absolute Gasteiger partial charge is 0.478 e. The van der Waals surface area contributed by atoms with Crippen molar-refractivity contribution in [3.05, 3.63) is 70.4 Å². The van der Waals surface area contributed by atoms with Crippen LogP contribution in [0.15, 0.2) is 48.5 Å². The SMILES string of the molecule is Cc1cc(Nc2ccccc2C(=O)O)nc(Nc2ccc(C)c(Cl)c2)n1. The predicted octanol–water partition coefficient (Wildman–Crippen LogP) is 4.93. The zero-order valence-corrected chi connectivity index (χ0v) is 15.0. The van der Waals surface area contributed by atoms with Crippen LogP contribution >= 0.6 is 11.6 Å². The third-order valence-electron chi connectivity index (χ3n) is 3.70. The second-order valence-electron chi connectivity index (χ2n) is 5.78. The number of nitrogens with zero attached hydrogens (tertiary/aromatic N) is 2. The first-order valence-corrected chi connectivity index (χ1v) is 8.28. The van der Waals surface area contributed by atoms with Gasteiger partial charge in [-0.15, -0.1) is 0 Å². The van der Waals surface area contributed by atoms with Gasteiger partial charge in [0.25, 0.3) is 0 Å². The molecule has 3 rings (SSSR count). The number of benzene rings is 2. The summed E-state index contributed by atoms with van der Waals surface area (Å²) in [5, 5.41) is 16.1. The van der Waals surface area contributed by atoms with Gasteiger partial charge in [0.2, 0.25) is 5.95 Å². The maximum Gasteiger partial charge on any atom is 0.337 e. The lowest BCUT2D eigenvalue weighted by molar-refractivity contribution is 0.0698. The third kappa shape index (κ3) is 4.10. The van der Waals surface area contributed by atoms with Crippen molar-refractivity contribution in [2.24, 2.45) is 0 Å². The molecule has 0 spiro atoms. The van der Waals surface area contributed by atoms with Crippen molar-refractivity contribution in [3.8, 4) is 0 Å². The summed E-state index contributed by atoms with van der Waals surface area (Å²) in [6, 6.07) is 14.0. The zero-order valence-electron chi connectivity index (χ0n) is 14.2. The fourth-order valence-electron chi connectivity index (χ4n) is 2.40. The molecular weight excluding hydrogens is 352 g/mol. The van der Waals surface area contributed by atoms with Crippen molar-refractivity contribution < 1.29 is 9.90 Å². The van der Waals surface area contributed by atoms with Gasteiger partial charge in [-0.3, -0.25) is 0 Å². The Morgan fingerprint density at radius 1 is 1.04 bits per heavy atom. The number of para-hydroxylation sites is 1. The van der Waals surface area contributed by atoms with Gasteiger partial charge in [-0.1, -0.05) is 29.8 Å². The zero-order chi connectivity index (χ0) is 18.7. The lowest BCUT2D eigenvalue weighted by Crippen LogP contribution is -2.05. The summed E-state index contributed by atoms with van der Waals surface area (Å²) in [5.74, 6) is -0.126. The van der Waals surface area contributed by atoms with E-state index in [4.69, 9.17) is 11.6 Å². The van der Waals surface area contributed by atoms with Gasteiger partial charge >= 0.3 is 5.97 Å². The average Bonchev–Trinajstić information content (AvgIpc) is 2.58. The number of nitrogens with one attached hydrogen (secondary N) is 2. The molecule has 2 aromatic carbocycles. The highest BCUT2D eigenvalue weighted by Gasteiger charge is 2.11. The van der Waals surface area contributed by atoms with E-state index in [9.17, 15) is 9.90 Å². The summed E-state index contributed by atoms with van der Waals surface area (Å²) in [6.07, 6.45) is 0. The highest BCUT2D eigenvalue weighted by atomic mass is 35.5. The number of aromatic carboxylic acids is 1. The number of hydrogen-bond donors (Lipinski definition) is 3. The number of carboxylic acids is 1. The first-order valence-electron chi connectivity index (χ1n) is 7.90. The lowest BCUT2D eigenvalue weighted by atomic mass is 10.2. The molecule has 0 radical (unpaired) electrons. The van der Waals surface area contributed by atoms with Crippen molar-refractivity contribution in [1.29, 1.82) is 0 Å². The van der Waals surface area contributed by atoms with Gasteiger partial charge in [0.1, 0.15) is 5.82 Å². The quantitative estimate of drug-likeness (QED) is 0.591. The normalized spacial score (nSPS) is 10.4. The van der Waals surface area contributed by atoms with Crippen LogP contribution in [-0.4, -0.2) is 21.0 Å². The van der Waals surface area contributed by atoms with E-state index < -0.39 is 5.97 Å². The highest BCUT2D eigenvalue weighted by Crippen LogP contribution is 2.24. The summed E-state index contributed by atoms with van der Waals surface area (Å²) < 4.78 is 0. The summed E-state index contributed by atoms with van der Waals surface area (Å²) in [4.78, 5) is 20.1. The van der Waals surface area contributed by atoms with Crippen molar-refractivity contribution >= 4 is 40.7 Å². The van der Waals surface area contributed by atoms with Crippen LogP contribution in [0, 0.1) is 13.8 Å². The Morgan fingerprint density at radius 3 is 2.54 bits per heavy atom. The molecule has 1 aromatic heterocycles. The molecule has 0 fully saturated rings. The van der Waals surface area contributed by atoms with Gasteiger partial charge < -0.3 is 15.7 Å². The fraction of sp³-hybridized carbons (Fsp3) is 0.105. The second-order valence-corrected chi connectivity index (χ2v) is 6.19. The van der Waals surface area contributed by atoms with E-state index in [2.05, 4.69) is 20.6 Å². The number of aromatic nitrogens is 2. The van der Waals surface area contributed by atoms with Gasteiger partial charge in [-0.05, 0) is 43.7 Å². The molecule has 26 heavy (non-hydrogen) atoms. The molecule has 1 heterocycles. The van der Waals surface area contributed by atoms with Crippen LogP contribution in [-0.2, 0) is 0 Å². The second kappa shape index (κ2) is 7.41. The number of carbonyl (C=O) groups is 1. The van der Waals surface area contributed by atoms with E-state index >= 15 is 0 Å². The molecule has 0 aliphatic rings. The fourth-order valence-corrected chi connectivity index (χ4v) is 2.59. The minimum atomic E-state index is -1.01. The summed E-state index contributed by atoms with van der Waals surface area (Å²) in [5.41, 5.74) is 3.11. The van der Waals surface area contributed by atoms with Crippen molar-refractivity contribution in [2.45, 2.75) is 13.8 Å². The van der Waals surface area contributed by atoms with Crippen LogP contribution in [0.2, 0.25) is 5.02 Å². The molecule has 0 unspecified atom stereocenters. The van der Waals surface area contributed by atoms with E-state index in [0.29, 0.717) is 22.5 Å². The number of halogens is 1. The number of carboxylic acid groups (broad SMARTS) is 1. The minimum Gasteiger partial charge on any atom is -0.478 e. The Hall–Kier alpha value is -3.12. The Balaban J connectivity index is 1.88. The monoisotopic (exact) mass is 368 g/mol. The van der Waals surface area contributed by atoms with E-state index in [1.54, 1.807) is 30.3 Å². The van der Waals surface area contributed by atoms with E-state index in [-0.39, 0.29) is 5.56 Å². The summed E-state index contributed by atoms with van der Waals surface area (Å²) >= 11 is 6.15. The van der Waals surface area contributed by atoms with Crippen LogP contribution in [0.1, 0.15) is 21.6 Å². The molecule has 0 saturated heterocycles. The minimum absolute atomic E-state index is 0.170. The van der Waals surface area contributed by atoms with Gasteiger partial charge in [0, 0.05) is 22.5 Å². The lowest BCUT2D eigenvalue weighted by Gasteiger charge is -2.12. The van der Waals surface area contributed by atoms with Crippen LogP contribution in [0.4, 0.5) is 23.1 Å². The standard InChI is InChI=1S/C19H17ClN4O2/c1-11-7-8-13(10-15(11)20)22-19-21-12(2)9-17(24-19)23-16-6-4-3-5-14(16)18(25)26/h3-10H,1-2H3,(H,25,26)(H2,21,22,23,24). The van der Waals surface area contributed by atoms with E-state index in [0.717, 1.165) is 16.9 Å². The van der Waals surface area contributed by atoms with Gasteiger partial charge in [-0.2, -0.15) is 4.98 Å². The molecule has 0 saturated carbocycles. The topological polar surface area (TPSA) is 87.1 Å². The maximum absolute atomic E-state index is 11.3. The molecule has 3 N–H and O–H groups in total. The Kier molecular flexibility index (Phi) is 5.04. The molecule has 3 aromatic rings. The number of rotatable bonds is 5. The maximum atomic E-state index is 11.3. The Labute approximate surface area is 155 Å². The number of hydrogen-bond acceptors (Lipinski definition) is 5. The Morgan fingerprint density at radius 2 is 1.81 bits per heavy atom. The molecule has 0 aliphatic carbocycles. The van der Waals surface area contributed by atoms with Crippen molar-refractivity contribution in [1.82, 2.24) is 9.97 Å².